The van der Waals surface area contributed by atoms with Gasteiger partial charge in [-0.2, -0.15) is 0 Å². The molecule has 0 spiro atoms. The van der Waals surface area contributed by atoms with E-state index in [9.17, 15) is 0 Å². The fourth-order valence-electron chi connectivity index (χ4n) is 1.27. The molecule has 0 N–H and O–H groups in total. The summed E-state index contributed by atoms with van der Waals surface area (Å²) in [6.07, 6.45) is 0. The largest absolute Gasteiger partial charge is 0.427 e. The molecule has 2 nitrogen and oxygen atoms in total. The third kappa shape index (κ3) is 9.12. The van der Waals surface area contributed by atoms with Crippen LogP contribution >= 0.6 is 21.6 Å². The van der Waals surface area contributed by atoms with Gasteiger partial charge in [-0.05, 0) is 10.1 Å². The predicted octanol–water partition coefficient (Wildman–Crippen LogP) is 2.23. The number of rotatable bonds is 9. The van der Waals surface area contributed by atoms with Crippen LogP contribution in [0.25, 0.3) is 0 Å². The average Bonchev–Trinajstić information content (AvgIpc) is 2.12. The van der Waals surface area contributed by atoms with E-state index in [0.717, 1.165) is 0 Å². The maximum atomic E-state index is 5.35. The summed E-state index contributed by atoms with van der Waals surface area (Å²) in [4.78, 5) is 0. The van der Waals surface area contributed by atoms with E-state index in [1.54, 1.807) is 0 Å². The molecular weight excluding hydrogens is 272 g/mol. The molecule has 0 aliphatic heterocycles. The van der Waals surface area contributed by atoms with E-state index in [1.165, 1.54) is 11.5 Å². The van der Waals surface area contributed by atoms with Crippen LogP contribution in [0.5, 0.6) is 0 Å². The molecule has 0 heterocycles. The molecule has 16 heavy (non-hydrogen) atoms. The van der Waals surface area contributed by atoms with Gasteiger partial charge in [-0.1, -0.05) is 49.3 Å². The third-order valence-corrected chi connectivity index (χ3v) is 8.59. The lowest BCUT2D eigenvalue weighted by Crippen LogP contribution is -2.18. The van der Waals surface area contributed by atoms with Crippen LogP contribution in [0.2, 0.25) is 10.1 Å². The Balaban J connectivity index is 3.67. The van der Waals surface area contributed by atoms with E-state index in [0.29, 0.717) is 10.1 Å². The molecule has 0 aromatic carbocycles. The Morgan fingerprint density at radius 1 is 0.812 bits per heavy atom. The van der Waals surface area contributed by atoms with Crippen LogP contribution in [0.3, 0.4) is 0 Å². The molecule has 0 aliphatic carbocycles. The average molecular weight is 299 g/mol. The summed E-state index contributed by atoms with van der Waals surface area (Å²) in [5.41, 5.74) is 0. The summed E-state index contributed by atoms with van der Waals surface area (Å²) in [6, 6.07) is 0. The van der Waals surface area contributed by atoms with Crippen molar-refractivity contribution in [2.24, 2.45) is 0 Å². The molecular formula is C10H26O2S2Si2. The summed E-state index contributed by atoms with van der Waals surface area (Å²) in [7, 11) is 6.90. The minimum atomic E-state index is -0.372. The van der Waals surface area contributed by atoms with Gasteiger partial charge < -0.3 is 8.85 Å². The molecule has 0 rings (SSSR count). The van der Waals surface area contributed by atoms with E-state index < -0.39 is 0 Å². The van der Waals surface area contributed by atoms with Gasteiger partial charge in [0.25, 0.3) is 0 Å². The van der Waals surface area contributed by atoms with Crippen molar-refractivity contribution in [3.05, 3.63) is 0 Å². The molecule has 0 aliphatic rings. The molecule has 0 saturated heterocycles. The normalized spacial score (nSPS) is 14.6. The molecule has 0 aromatic heterocycles. The van der Waals surface area contributed by atoms with Gasteiger partial charge in [-0.15, -0.1) is 0 Å². The zero-order chi connectivity index (χ0) is 12.7. The van der Waals surface area contributed by atoms with Gasteiger partial charge in [0, 0.05) is 25.7 Å². The van der Waals surface area contributed by atoms with Crippen molar-refractivity contribution in [3.63, 3.8) is 0 Å². The lowest BCUT2D eigenvalue weighted by molar-refractivity contribution is 0.417. The number of hydrogen-bond acceptors (Lipinski definition) is 4. The van der Waals surface area contributed by atoms with Crippen molar-refractivity contribution in [3.8, 4) is 0 Å². The highest BCUT2D eigenvalue weighted by atomic mass is 33.1. The topological polar surface area (TPSA) is 18.5 Å². The van der Waals surface area contributed by atoms with E-state index in [1.807, 2.05) is 35.8 Å². The van der Waals surface area contributed by atoms with Gasteiger partial charge in [0.2, 0.25) is 0 Å². The van der Waals surface area contributed by atoms with Gasteiger partial charge in [0.1, 0.15) is 0 Å². The zero-order valence-corrected chi connectivity index (χ0v) is 15.9. The van der Waals surface area contributed by atoms with Crippen molar-refractivity contribution in [2.75, 3.05) is 25.7 Å². The highest BCUT2D eigenvalue weighted by Crippen LogP contribution is 2.39. The van der Waals surface area contributed by atoms with Gasteiger partial charge in [0.05, 0.1) is 0 Å². The molecule has 0 radical (unpaired) electrons. The molecule has 0 unspecified atom stereocenters. The highest BCUT2D eigenvalue weighted by Gasteiger charge is 2.22. The fourth-order valence-corrected chi connectivity index (χ4v) is 8.22. The first-order valence-corrected chi connectivity index (χ1v) is 10.6. The lowest BCUT2D eigenvalue weighted by atomic mass is 10.2. The van der Waals surface area contributed by atoms with Gasteiger partial charge in [-0.25, -0.2) is 0 Å². The first kappa shape index (κ1) is 17.1. The molecule has 0 bridgehead atoms. The fraction of sp³-hybridized carbons (Fsp3) is 1.00. The lowest BCUT2D eigenvalue weighted by Gasteiger charge is -2.24. The Bertz CT molecular complexity index is 170. The summed E-state index contributed by atoms with van der Waals surface area (Å²) in [5.74, 6) is 2.39. The SMILES string of the molecule is CO[SiH2]C(C)(C)CSSCC(C)(C)[SiH2]OC. The maximum absolute atomic E-state index is 5.35. The Morgan fingerprint density at radius 3 is 1.38 bits per heavy atom. The Morgan fingerprint density at radius 2 is 1.12 bits per heavy atom. The third-order valence-electron chi connectivity index (χ3n) is 2.05. The molecule has 0 aromatic rings. The van der Waals surface area contributed by atoms with Crippen LogP contribution in [0, 0.1) is 0 Å². The van der Waals surface area contributed by atoms with Crippen molar-refractivity contribution < 1.29 is 8.85 Å². The van der Waals surface area contributed by atoms with Gasteiger partial charge in [-0.3, -0.25) is 0 Å². The predicted molar refractivity (Wildman–Crippen MR) is 84.1 cm³/mol. The van der Waals surface area contributed by atoms with Crippen LogP contribution in [-0.2, 0) is 8.85 Å². The molecule has 0 amide bonds. The first-order chi connectivity index (χ1) is 7.33. The molecule has 0 fully saturated rings. The number of hydrogen-bond donors (Lipinski definition) is 0. The Labute approximate surface area is 113 Å². The molecule has 0 atom stereocenters. The van der Waals surface area contributed by atoms with Crippen LogP contribution in [0.15, 0.2) is 0 Å². The standard InChI is InChI=1S/C10H26O2S2Si2/c1-9(2,15-11-5)7-13-14-8-10(3,4)16-12-6/h7-8,15-16H2,1-6H3. The van der Waals surface area contributed by atoms with E-state index in [-0.39, 0.29) is 19.5 Å². The molecule has 0 saturated carbocycles. The first-order valence-electron chi connectivity index (χ1n) is 5.55. The second kappa shape index (κ2) is 8.21. The van der Waals surface area contributed by atoms with Crippen molar-refractivity contribution in [1.29, 1.82) is 0 Å². The zero-order valence-electron chi connectivity index (χ0n) is 11.5. The van der Waals surface area contributed by atoms with Gasteiger partial charge in [0.15, 0.2) is 19.5 Å². The second-order valence-corrected chi connectivity index (χ2v) is 13.7. The minimum absolute atomic E-state index is 0.372. The second-order valence-electron chi connectivity index (χ2n) is 5.72. The summed E-state index contributed by atoms with van der Waals surface area (Å²) in [6.45, 7) is 9.24. The van der Waals surface area contributed by atoms with Crippen LogP contribution in [0.1, 0.15) is 27.7 Å². The highest BCUT2D eigenvalue weighted by molar-refractivity contribution is 8.76. The Kier molecular flexibility index (Phi) is 8.75. The smallest absolute Gasteiger partial charge is 0.167 e. The van der Waals surface area contributed by atoms with Crippen LogP contribution in [-0.4, -0.2) is 45.3 Å². The van der Waals surface area contributed by atoms with E-state index in [4.69, 9.17) is 8.85 Å². The monoisotopic (exact) mass is 298 g/mol. The summed E-state index contributed by atoms with van der Waals surface area (Å²) >= 11 is 0. The van der Waals surface area contributed by atoms with Crippen molar-refractivity contribution >= 4 is 41.1 Å². The molecule has 6 heteroatoms. The maximum Gasteiger partial charge on any atom is 0.167 e. The van der Waals surface area contributed by atoms with Crippen molar-refractivity contribution in [1.82, 2.24) is 0 Å². The van der Waals surface area contributed by atoms with Crippen molar-refractivity contribution in [2.45, 2.75) is 37.8 Å². The van der Waals surface area contributed by atoms with E-state index >= 15 is 0 Å². The quantitative estimate of drug-likeness (QED) is 0.369. The van der Waals surface area contributed by atoms with Crippen LogP contribution in [0.4, 0.5) is 0 Å². The van der Waals surface area contributed by atoms with Crippen LogP contribution < -0.4 is 0 Å². The van der Waals surface area contributed by atoms with Gasteiger partial charge >= 0.3 is 0 Å². The molecule has 98 valence electrons. The minimum Gasteiger partial charge on any atom is -0.427 e. The summed E-state index contributed by atoms with van der Waals surface area (Å²) < 4.78 is 10.7. The Hall–Kier alpha value is 1.05. The summed E-state index contributed by atoms with van der Waals surface area (Å²) in [5, 5.41) is 0.824. The van der Waals surface area contributed by atoms with E-state index in [2.05, 4.69) is 27.7 Å².